The van der Waals surface area contributed by atoms with Crippen LogP contribution >= 0.6 is 0 Å². The summed E-state index contributed by atoms with van der Waals surface area (Å²) < 4.78 is 5.34. The van der Waals surface area contributed by atoms with Gasteiger partial charge >= 0.3 is 5.97 Å². The Hall–Kier alpha value is -1.32. The van der Waals surface area contributed by atoms with Gasteiger partial charge < -0.3 is 30.3 Å². The molecule has 0 radical (unpaired) electrons. The normalized spacial score (nSPS) is 51.9. The van der Waals surface area contributed by atoms with Crippen molar-refractivity contribution in [3.05, 3.63) is 11.6 Å². The van der Waals surface area contributed by atoms with Gasteiger partial charge in [0.2, 0.25) is 0 Å². The van der Waals surface area contributed by atoms with E-state index in [1.165, 1.54) is 0 Å². The number of carbonyl (C=O) groups excluding carboxylic acids is 2. The molecule has 8 heteroatoms. The quantitative estimate of drug-likeness (QED) is 0.354. The lowest BCUT2D eigenvalue weighted by Gasteiger charge is -2.60. The molecule has 4 fully saturated rings. The molecule has 0 aromatic heterocycles. The van der Waals surface area contributed by atoms with Gasteiger partial charge in [-0.2, -0.15) is 0 Å². The summed E-state index contributed by atoms with van der Waals surface area (Å²) in [7, 11) is 0. The minimum absolute atomic E-state index is 0.104. The third-order valence-corrected chi connectivity index (χ3v) is 11.9. The molecule has 3 saturated carbocycles. The van der Waals surface area contributed by atoms with Crippen molar-refractivity contribution >= 4 is 11.8 Å². The number of hydrogen-bond acceptors (Lipinski definition) is 8. The van der Waals surface area contributed by atoms with Crippen LogP contribution in [0, 0.1) is 40.4 Å². The Morgan fingerprint density at radius 2 is 1.78 bits per heavy atom. The molecule has 0 bridgehead atoms. The third-order valence-electron chi connectivity index (χ3n) is 11.9. The average molecular weight is 521 g/mol. The van der Waals surface area contributed by atoms with Crippen LogP contribution in [0.1, 0.15) is 79.6 Å². The van der Waals surface area contributed by atoms with Crippen molar-refractivity contribution < 1.29 is 39.9 Å². The molecule has 13 atom stereocenters. The maximum atomic E-state index is 13.3. The van der Waals surface area contributed by atoms with E-state index in [4.69, 9.17) is 4.74 Å². The molecular formula is C29H44O8. The molecule has 4 aliphatic carbocycles. The molecule has 0 amide bonds. The van der Waals surface area contributed by atoms with Crippen LogP contribution in [-0.2, 0) is 14.3 Å². The van der Waals surface area contributed by atoms with Crippen molar-refractivity contribution in [2.75, 3.05) is 0 Å². The first-order valence-corrected chi connectivity index (χ1v) is 14.0. The highest BCUT2D eigenvalue weighted by Gasteiger charge is 2.69. The number of ether oxygens (including phenoxy) is 1. The first kappa shape index (κ1) is 27.3. The Morgan fingerprint density at radius 3 is 2.41 bits per heavy atom. The molecule has 37 heavy (non-hydrogen) atoms. The second kappa shape index (κ2) is 8.59. The monoisotopic (exact) mass is 520 g/mol. The number of fused-ring (bicyclic) bond motifs is 5. The Bertz CT molecular complexity index is 1010. The number of aliphatic hydroxyl groups is 5. The highest BCUT2D eigenvalue weighted by molar-refractivity contribution is 5.95. The van der Waals surface area contributed by atoms with Crippen LogP contribution in [0.25, 0.3) is 0 Å². The van der Waals surface area contributed by atoms with Gasteiger partial charge in [-0.15, -0.1) is 0 Å². The van der Waals surface area contributed by atoms with Gasteiger partial charge in [0.1, 0.15) is 6.10 Å². The Morgan fingerprint density at radius 1 is 1.11 bits per heavy atom. The van der Waals surface area contributed by atoms with Crippen molar-refractivity contribution in [1.29, 1.82) is 0 Å². The molecule has 1 saturated heterocycles. The van der Waals surface area contributed by atoms with Gasteiger partial charge in [0, 0.05) is 17.3 Å². The Balaban J connectivity index is 1.44. The summed E-state index contributed by atoms with van der Waals surface area (Å²) in [4.78, 5) is 25.4. The second-order valence-corrected chi connectivity index (χ2v) is 13.7. The maximum absolute atomic E-state index is 13.3. The van der Waals surface area contributed by atoms with Gasteiger partial charge in [-0.25, -0.2) is 0 Å². The van der Waals surface area contributed by atoms with E-state index in [0.717, 1.165) is 0 Å². The summed E-state index contributed by atoms with van der Waals surface area (Å²) >= 11 is 0. The van der Waals surface area contributed by atoms with Gasteiger partial charge in [-0.1, -0.05) is 20.8 Å². The van der Waals surface area contributed by atoms with Crippen LogP contribution in [0.3, 0.4) is 0 Å². The lowest BCUT2D eigenvalue weighted by Crippen LogP contribution is -2.63. The summed E-state index contributed by atoms with van der Waals surface area (Å²) in [6, 6.07) is 0. The van der Waals surface area contributed by atoms with Crippen LogP contribution < -0.4 is 0 Å². The standard InChI is InChI=1S/C29H44O8/c1-14-16(15(2)37-25(14)34)10-24(33)28(5,35)23-7-9-29(36)18-11-20(30)19-12-21(31)22(32)13-26(19,3)17(18)6-8-27(23,29)4/h11,14-17,19,21-24,31-33,35-36H,6-10,12-13H2,1-5H3/t14-,15-,16+,17+,19+,21-,22+,23-,24-,26-,27-,28-,29-/m1/s1. The summed E-state index contributed by atoms with van der Waals surface area (Å²) in [6.45, 7) is 9.21. The lowest BCUT2D eigenvalue weighted by molar-refractivity contribution is -0.178. The molecule has 1 aliphatic heterocycles. The first-order chi connectivity index (χ1) is 17.1. The minimum atomic E-state index is -1.52. The first-order valence-electron chi connectivity index (χ1n) is 14.0. The SMILES string of the molecule is C[C@H]1OC(=O)[C@H](C)[C@@H]1C[C@@H](O)[C@](C)(O)[C@@H]1CC[C@@]2(O)C3=CC(=O)[C@@H]4C[C@@H](O)[C@@H](O)C[C@]4(C)[C@H]3CC[C@]12C. The Kier molecular flexibility index (Phi) is 6.33. The molecule has 0 spiro atoms. The molecule has 8 nitrogen and oxygen atoms in total. The molecule has 5 N–H and O–H groups in total. The van der Waals surface area contributed by atoms with Gasteiger partial charge in [-0.3, -0.25) is 9.59 Å². The summed E-state index contributed by atoms with van der Waals surface area (Å²) in [6.07, 6.45) is 1.21. The molecule has 0 unspecified atom stereocenters. The highest BCUT2D eigenvalue weighted by Crippen LogP contribution is 2.68. The molecule has 5 aliphatic rings. The number of allylic oxidation sites excluding steroid dienone is 1. The number of aliphatic hydroxyl groups excluding tert-OH is 3. The van der Waals surface area contributed by atoms with E-state index < -0.39 is 52.2 Å². The molecule has 5 rings (SSSR count). The van der Waals surface area contributed by atoms with Crippen LogP contribution in [0.4, 0.5) is 0 Å². The maximum Gasteiger partial charge on any atom is 0.309 e. The van der Waals surface area contributed by atoms with Crippen molar-refractivity contribution in [3.8, 4) is 0 Å². The summed E-state index contributed by atoms with van der Waals surface area (Å²) in [5, 5.41) is 56.2. The predicted molar refractivity (Wildman–Crippen MR) is 134 cm³/mol. The van der Waals surface area contributed by atoms with E-state index in [0.29, 0.717) is 37.7 Å². The third kappa shape index (κ3) is 3.65. The zero-order valence-corrected chi connectivity index (χ0v) is 22.7. The van der Waals surface area contributed by atoms with Crippen molar-refractivity contribution in [1.82, 2.24) is 0 Å². The topological polar surface area (TPSA) is 145 Å². The van der Waals surface area contributed by atoms with E-state index >= 15 is 0 Å². The van der Waals surface area contributed by atoms with E-state index in [1.54, 1.807) is 19.9 Å². The van der Waals surface area contributed by atoms with E-state index in [1.807, 2.05) is 20.8 Å². The fourth-order valence-electron chi connectivity index (χ4n) is 9.39. The average Bonchev–Trinajstić information content (AvgIpc) is 3.23. The summed E-state index contributed by atoms with van der Waals surface area (Å²) in [5.74, 6) is -1.88. The van der Waals surface area contributed by atoms with Crippen molar-refractivity contribution in [2.24, 2.45) is 40.4 Å². The fourth-order valence-corrected chi connectivity index (χ4v) is 9.39. The zero-order valence-electron chi connectivity index (χ0n) is 22.7. The van der Waals surface area contributed by atoms with E-state index in [-0.39, 0.29) is 48.5 Å². The van der Waals surface area contributed by atoms with Gasteiger partial charge in [0.05, 0.1) is 35.4 Å². The molecule has 0 aromatic rings. The van der Waals surface area contributed by atoms with Crippen molar-refractivity contribution in [3.63, 3.8) is 0 Å². The predicted octanol–water partition coefficient (Wildman–Crippen LogP) is 1.89. The number of cyclic esters (lactones) is 1. The second-order valence-electron chi connectivity index (χ2n) is 13.7. The highest BCUT2D eigenvalue weighted by atomic mass is 16.6. The number of carbonyl (C=O) groups is 2. The molecular weight excluding hydrogens is 476 g/mol. The lowest BCUT2D eigenvalue weighted by atomic mass is 9.45. The zero-order chi connectivity index (χ0) is 27.3. The largest absolute Gasteiger partial charge is 0.462 e. The van der Waals surface area contributed by atoms with Crippen LogP contribution in [0.15, 0.2) is 11.6 Å². The number of esters is 1. The number of rotatable bonds is 4. The van der Waals surface area contributed by atoms with Crippen molar-refractivity contribution in [2.45, 2.75) is 115 Å². The summed E-state index contributed by atoms with van der Waals surface area (Å²) in [5.41, 5.74) is -3.47. The minimum Gasteiger partial charge on any atom is -0.462 e. The molecule has 1 heterocycles. The van der Waals surface area contributed by atoms with E-state index in [2.05, 4.69) is 0 Å². The van der Waals surface area contributed by atoms with E-state index in [9.17, 15) is 35.1 Å². The number of ketones is 1. The van der Waals surface area contributed by atoms with Crippen LogP contribution in [0.5, 0.6) is 0 Å². The fraction of sp³-hybridized carbons (Fsp3) is 0.862. The number of hydrogen-bond donors (Lipinski definition) is 5. The van der Waals surface area contributed by atoms with Crippen LogP contribution in [-0.4, -0.2) is 72.9 Å². The molecule has 208 valence electrons. The smallest absolute Gasteiger partial charge is 0.309 e. The Labute approximate surface area is 219 Å². The van der Waals surface area contributed by atoms with Gasteiger partial charge in [0.15, 0.2) is 5.78 Å². The van der Waals surface area contributed by atoms with Gasteiger partial charge in [-0.05, 0) is 87.7 Å². The van der Waals surface area contributed by atoms with Gasteiger partial charge in [0.25, 0.3) is 0 Å². The van der Waals surface area contributed by atoms with Crippen LogP contribution in [0.2, 0.25) is 0 Å². The molecule has 0 aromatic carbocycles.